The maximum Gasteiger partial charge on any atom is 0.250 e. The van der Waals surface area contributed by atoms with E-state index in [-0.39, 0.29) is 5.75 Å². The van der Waals surface area contributed by atoms with E-state index < -0.39 is 11.8 Å². The average molecular weight is 415 g/mol. The number of nitrogens with one attached hydrogen (secondary N) is 1. The van der Waals surface area contributed by atoms with Gasteiger partial charge in [-0.3, -0.25) is 10.0 Å². The van der Waals surface area contributed by atoms with Gasteiger partial charge in [-0.15, -0.1) is 0 Å². The number of amides is 1. The first-order valence-electron chi connectivity index (χ1n) is 9.34. The third-order valence-electron chi connectivity index (χ3n) is 5.23. The van der Waals surface area contributed by atoms with Crippen LogP contribution in [0, 0.1) is 5.92 Å². The number of hydrogen-bond donors (Lipinski definition) is 3. The van der Waals surface area contributed by atoms with Gasteiger partial charge in [-0.1, -0.05) is 12.1 Å². The van der Waals surface area contributed by atoms with E-state index in [4.69, 9.17) is 18.9 Å². The van der Waals surface area contributed by atoms with E-state index in [0.717, 1.165) is 11.1 Å². The van der Waals surface area contributed by atoms with Crippen LogP contribution in [0.1, 0.15) is 23.1 Å². The van der Waals surface area contributed by atoms with E-state index >= 15 is 0 Å². The summed E-state index contributed by atoms with van der Waals surface area (Å²) in [5.74, 6) is 0.641. The van der Waals surface area contributed by atoms with Crippen molar-refractivity contribution in [2.75, 3.05) is 28.4 Å². The van der Waals surface area contributed by atoms with Gasteiger partial charge in [0.15, 0.2) is 23.0 Å². The second-order valence-electron chi connectivity index (χ2n) is 6.76. The lowest BCUT2D eigenvalue weighted by molar-refractivity contribution is -0.132. The molecular formula is C22H25NO7. The molecule has 8 heteroatoms. The molecule has 0 spiro atoms. The number of carbonyl (C=O) groups is 1. The fraction of sp³-hybridized carbons (Fsp3) is 0.318. The Balaban J connectivity index is 2.30. The highest BCUT2D eigenvalue weighted by atomic mass is 16.5. The number of methoxy groups -OCH3 is 4. The van der Waals surface area contributed by atoms with Gasteiger partial charge in [0, 0.05) is 5.56 Å². The predicted octanol–water partition coefficient (Wildman–Crippen LogP) is 2.93. The van der Waals surface area contributed by atoms with E-state index in [1.165, 1.54) is 21.3 Å². The molecule has 0 radical (unpaired) electrons. The summed E-state index contributed by atoms with van der Waals surface area (Å²) in [6.45, 7) is 0. The topological polar surface area (TPSA) is 106 Å². The minimum atomic E-state index is -0.594. The maximum atomic E-state index is 12.3. The second kappa shape index (κ2) is 8.96. The Kier molecular flexibility index (Phi) is 6.37. The largest absolute Gasteiger partial charge is 0.504 e. The van der Waals surface area contributed by atoms with Crippen molar-refractivity contribution in [1.29, 1.82) is 0 Å². The van der Waals surface area contributed by atoms with Gasteiger partial charge in [0.2, 0.25) is 11.7 Å². The van der Waals surface area contributed by atoms with Crippen molar-refractivity contribution in [3.05, 3.63) is 47.0 Å². The highest BCUT2D eigenvalue weighted by Crippen LogP contribution is 2.47. The molecule has 2 aromatic rings. The summed E-state index contributed by atoms with van der Waals surface area (Å²) in [7, 11) is 6.08. The van der Waals surface area contributed by atoms with Crippen LogP contribution in [0.4, 0.5) is 0 Å². The molecular weight excluding hydrogens is 390 g/mol. The molecule has 1 aliphatic carbocycles. The van der Waals surface area contributed by atoms with E-state index in [2.05, 4.69) is 0 Å². The van der Waals surface area contributed by atoms with Crippen molar-refractivity contribution in [3.8, 4) is 28.7 Å². The molecule has 1 amide bonds. The molecule has 0 saturated heterocycles. The maximum absolute atomic E-state index is 12.3. The molecule has 1 atom stereocenters. The average Bonchev–Trinajstić information content (AvgIpc) is 2.96. The summed E-state index contributed by atoms with van der Waals surface area (Å²) in [5, 5.41) is 19.5. The molecule has 160 valence electrons. The van der Waals surface area contributed by atoms with Gasteiger partial charge in [-0.05, 0) is 47.7 Å². The molecule has 0 fully saturated rings. The Hall–Kier alpha value is -3.39. The fourth-order valence-electron chi connectivity index (χ4n) is 3.78. The van der Waals surface area contributed by atoms with E-state index in [1.54, 1.807) is 36.9 Å². The van der Waals surface area contributed by atoms with E-state index in [1.807, 2.05) is 6.07 Å². The number of phenols is 1. The van der Waals surface area contributed by atoms with Crippen molar-refractivity contribution >= 4 is 11.5 Å². The molecule has 0 aliphatic heterocycles. The minimum Gasteiger partial charge on any atom is -0.504 e. The first-order chi connectivity index (χ1) is 14.5. The van der Waals surface area contributed by atoms with Gasteiger partial charge in [-0.25, -0.2) is 5.48 Å². The number of ether oxygens (including phenoxy) is 4. The van der Waals surface area contributed by atoms with E-state index in [9.17, 15) is 15.1 Å². The van der Waals surface area contributed by atoms with Crippen molar-refractivity contribution < 1.29 is 34.1 Å². The third-order valence-corrected chi connectivity index (χ3v) is 5.23. The van der Waals surface area contributed by atoms with Gasteiger partial charge < -0.3 is 24.1 Å². The molecule has 0 saturated carbocycles. The van der Waals surface area contributed by atoms with Gasteiger partial charge in [0.1, 0.15) is 0 Å². The van der Waals surface area contributed by atoms with Gasteiger partial charge >= 0.3 is 0 Å². The Morgan fingerprint density at radius 2 is 1.70 bits per heavy atom. The predicted molar refractivity (Wildman–Crippen MR) is 110 cm³/mol. The van der Waals surface area contributed by atoms with Crippen LogP contribution >= 0.6 is 0 Å². The van der Waals surface area contributed by atoms with Crippen LogP contribution in [0.2, 0.25) is 0 Å². The molecule has 1 aliphatic rings. The standard InChI is InChI=1S/C22H25NO7/c1-27-18-8-6-12(10-17(18)24)15-9-13(22(25)23-26)5-7-14-16(15)11-19(28-2)21(30-4)20(14)29-3/h6,8-11,13,24,26H,5,7H2,1-4H3,(H,23,25)/t13-/m1/s1. The molecule has 2 aromatic carbocycles. The smallest absolute Gasteiger partial charge is 0.250 e. The van der Waals surface area contributed by atoms with Gasteiger partial charge in [0.25, 0.3) is 0 Å². The van der Waals surface area contributed by atoms with Crippen molar-refractivity contribution in [2.24, 2.45) is 5.92 Å². The van der Waals surface area contributed by atoms with Gasteiger partial charge in [0.05, 0.1) is 34.4 Å². The quantitative estimate of drug-likeness (QED) is 0.492. The summed E-state index contributed by atoms with van der Waals surface area (Å²) < 4.78 is 21.8. The molecule has 8 nitrogen and oxygen atoms in total. The highest BCUT2D eigenvalue weighted by Gasteiger charge is 2.29. The first-order valence-corrected chi connectivity index (χ1v) is 9.34. The number of fused-ring (bicyclic) bond motifs is 1. The van der Waals surface area contributed by atoms with Crippen LogP contribution in [0.5, 0.6) is 28.7 Å². The van der Waals surface area contributed by atoms with E-state index in [0.29, 0.717) is 47.0 Å². The zero-order valence-electron chi connectivity index (χ0n) is 17.3. The Bertz CT molecular complexity index is 984. The lowest BCUT2D eigenvalue weighted by Crippen LogP contribution is -2.26. The zero-order valence-corrected chi connectivity index (χ0v) is 17.3. The Morgan fingerprint density at radius 1 is 1.00 bits per heavy atom. The van der Waals surface area contributed by atoms with Crippen molar-refractivity contribution in [3.63, 3.8) is 0 Å². The summed E-state index contributed by atoms with van der Waals surface area (Å²) in [5.41, 5.74) is 4.71. The number of carbonyl (C=O) groups excluding carboxylic acids is 1. The number of hydrogen-bond acceptors (Lipinski definition) is 7. The Morgan fingerprint density at radius 3 is 2.27 bits per heavy atom. The number of phenolic OH excluding ortho intramolecular Hbond substituents is 1. The molecule has 3 N–H and O–H groups in total. The van der Waals surface area contributed by atoms with Crippen molar-refractivity contribution in [1.82, 2.24) is 5.48 Å². The molecule has 3 rings (SSSR count). The summed E-state index contributed by atoms with van der Waals surface area (Å²) in [4.78, 5) is 12.3. The number of benzene rings is 2. The summed E-state index contributed by atoms with van der Waals surface area (Å²) >= 11 is 0. The lowest BCUT2D eigenvalue weighted by atomic mass is 9.92. The normalized spacial score (nSPS) is 15.4. The second-order valence-corrected chi connectivity index (χ2v) is 6.76. The molecule has 30 heavy (non-hydrogen) atoms. The fourth-order valence-corrected chi connectivity index (χ4v) is 3.78. The molecule has 0 bridgehead atoms. The number of rotatable bonds is 6. The molecule has 0 aromatic heterocycles. The Labute approximate surface area is 174 Å². The lowest BCUT2D eigenvalue weighted by Gasteiger charge is -2.20. The summed E-state index contributed by atoms with van der Waals surface area (Å²) in [6.07, 6.45) is 2.71. The van der Waals surface area contributed by atoms with Crippen LogP contribution in [0.25, 0.3) is 5.57 Å². The number of hydroxylamine groups is 1. The van der Waals surface area contributed by atoms with Crippen LogP contribution in [0.3, 0.4) is 0 Å². The van der Waals surface area contributed by atoms with Crippen LogP contribution < -0.4 is 24.4 Å². The monoisotopic (exact) mass is 415 g/mol. The van der Waals surface area contributed by atoms with Crippen LogP contribution in [-0.2, 0) is 11.2 Å². The SMILES string of the molecule is COc1ccc(C2=C[C@H](C(=O)NO)CCc3c2cc(OC)c(OC)c3OC)cc1O. The zero-order chi connectivity index (χ0) is 21.8. The first kappa shape index (κ1) is 21.3. The van der Waals surface area contributed by atoms with Crippen molar-refractivity contribution in [2.45, 2.75) is 12.8 Å². The van der Waals surface area contributed by atoms with Crippen LogP contribution in [-0.4, -0.2) is 44.7 Å². The van der Waals surface area contributed by atoms with Gasteiger partial charge in [-0.2, -0.15) is 0 Å². The van der Waals surface area contributed by atoms with Crippen LogP contribution in [0.15, 0.2) is 30.3 Å². The molecule has 0 unspecified atom stereocenters. The summed E-state index contributed by atoms with van der Waals surface area (Å²) in [6, 6.07) is 6.83. The minimum absolute atomic E-state index is 0.0303. The third kappa shape index (κ3) is 3.73. The highest BCUT2D eigenvalue weighted by molar-refractivity contribution is 5.90. The number of aromatic hydroxyl groups is 1. The molecule has 0 heterocycles.